The van der Waals surface area contributed by atoms with Crippen molar-refractivity contribution in [3.63, 3.8) is 0 Å². The highest BCUT2D eigenvalue weighted by Crippen LogP contribution is 2.37. The summed E-state index contributed by atoms with van der Waals surface area (Å²) in [5, 5.41) is 4.10. The first-order chi connectivity index (χ1) is 12.0. The fourth-order valence-corrected chi connectivity index (χ4v) is 4.24. The number of nitrogens with one attached hydrogen (secondary N) is 1. The predicted octanol–water partition coefficient (Wildman–Crippen LogP) is 1.93. The highest BCUT2D eigenvalue weighted by atomic mass is 35.5. The Kier molecular flexibility index (Phi) is 5.71. The van der Waals surface area contributed by atoms with Crippen LogP contribution in [0.1, 0.15) is 31.2 Å². The Morgan fingerprint density at radius 2 is 2.04 bits per heavy atom. The van der Waals surface area contributed by atoms with Gasteiger partial charge < -0.3 is 20.5 Å². The molecule has 2 atom stereocenters. The maximum atomic E-state index is 10.9. The average molecular weight is 368 g/mol. The Balaban J connectivity index is 1.69. The van der Waals surface area contributed by atoms with Crippen LogP contribution in [-0.2, 0) is 11.3 Å². The molecule has 6 nitrogen and oxygen atoms in total. The van der Waals surface area contributed by atoms with Crippen molar-refractivity contribution >= 4 is 17.5 Å². The minimum Gasteiger partial charge on any atom is -0.493 e. The largest absolute Gasteiger partial charge is 0.493 e. The van der Waals surface area contributed by atoms with Gasteiger partial charge in [-0.15, -0.1) is 0 Å². The van der Waals surface area contributed by atoms with E-state index in [0.29, 0.717) is 34.6 Å². The number of amides is 1. The molecular weight excluding hydrogens is 342 g/mol. The number of nitrogens with two attached hydrogens (primary N) is 1. The van der Waals surface area contributed by atoms with Crippen molar-refractivity contribution in [3.05, 3.63) is 22.7 Å². The molecule has 2 heterocycles. The molecule has 2 saturated heterocycles. The molecule has 0 radical (unpaired) electrons. The first-order valence-electron chi connectivity index (χ1n) is 8.70. The van der Waals surface area contributed by atoms with Crippen LogP contribution >= 0.6 is 11.6 Å². The van der Waals surface area contributed by atoms with Gasteiger partial charge in [-0.3, -0.25) is 9.69 Å². The molecule has 2 unspecified atom stereocenters. The van der Waals surface area contributed by atoms with Crippen molar-refractivity contribution in [2.75, 3.05) is 20.8 Å². The number of benzene rings is 1. The first kappa shape index (κ1) is 18.3. The van der Waals surface area contributed by atoms with Crippen molar-refractivity contribution in [3.8, 4) is 11.5 Å². The molecule has 1 amide bonds. The molecule has 25 heavy (non-hydrogen) atoms. The lowest BCUT2D eigenvalue weighted by Gasteiger charge is -2.35. The van der Waals surface area contributed by atoms with E-state index in [1.54, 1.807) is 7.11 Å². The normalized spacial score (nSPS) is 25.2. The highest BCUT2D eigenvalue weighted by molar-refractivity contribution is 6.32. The average Bonchev–Trinajstić information content (AvgIpc) is 2.91. The Morgan fingerprint density at radius 1 is 1.36 bits per heavy atom. The second-order valence-corrected chi connectivity index (χ2v) is 7.45. The fourth-order valence-electron chi connectivity index (χ4n) is 3.95. The Morgan fingerprint density at radius 3 is 2.64 bits per heavy atom. The van der Waals surface area contributed by atoms with Gasteiger partial charge in [-0.1, -0.05) is 11.6 Å². The summed E-state index contributed by atoms with van der Waals surface area (Å²) >= 11 is 6.34. The number of ether oxygens (including phenoxy) is 2. The molecule has 0 aromatic heterocycles. The van der Waals surface area contributed by atoms with Gasteiger partial charge in [0, 0.05) is 24.7 Å². The molecule has 3 N–H and O–H groups in total. The van der Waals surface area contributed by atoms with E-state index >= 15 is 0 Å². The zero-order valence-corrected chi connectivity index (χ0v) is 15.5. The summed E-state index contributed by atoms with van der Waals surface area (Å²) in [6.07, 6.45) is 4.97. The van der Waals surface area contributed by atoms with E-state index in [2.05, 4.69) is 17.3 Å². The summed E-state index contributed by atoms with van der Waals surface area (Å²) in [4.78, 5) is 13.3. The Labute approximate surface area is 153 Å². The van der Waals surface area contributed by atoms with Gasteiger partial charge in [0.15, 0.2) is 18.1 Å². The van der Waals surface area contributed by atoms with Crippen molar-refractivity contribution in [2.24, 2.45) is 5.73 Å². The van der Waals surface area contributed by atoms with Crippen molar-refractivity contribution < 1.29 is 14.3 Å². The number of halogens is 1. The summed E-state index contributed by atoms with van der Waals surface area (Å²) in [5.74, 6) is 0.319. The van der Waals surface area contributed by atoms with Crippen LogP contribution in [0.5, 0.6) is 11.5 Å². The molecule has 0 saturated carbocycles. The third kappa shape index (κ3) is 4.37. The number of nitrogens with zero attached hydrogens (tertiary/aromatic N) is 1. The number of rotatable bonds is 7. The van der Waals surface area contributed by atoms with Gasteiger partial charge in [0.1, 0.15) is 0 Å². The van der Waals surface area contributed by atoms with E-state index in [1.807, 2.05) is 12.1 Å². The zero-order valence-electron chi connectivity index (χ0n) is 14.8. The molecule has 2 bridgehead atoms. The van der Waals surface area contributed by atoms with E-state index < -0.39 is 5.91 Å². The number of primary amides is 1. The highest BCUT2D eigenvalue weighted by Gasteiger charge is 2.35. The monoisotopic (exact) mass is 367 g/mol. The predicted molar refractivity (Wildman–Crippen MR) is 97.1 cm³/mol. The minimum absolute atomic E-state index is 0.229. The van der Waals surface area contributed by atoms with Gasteiger partial charge >= 0.3 is 0 Å². The van der Waals surface area contributed by atoms with Gasteiger partial charge in [0.25, 0.3) is 5.91 Å². The molecule has 7 heteroatoms. The maximum absolute atomic E-state index is 10.9. The molecule has 3 rings (SSSR count). The smallest absolute Gasteiger partial charge is 0.255 e. The summed E-state index contributed by atoms with van der Waals surface area (Å²) < 4.78 is 10.8. The van der Waals surface area contributed by atoms with E-state index in [-0.39, 0.29) is 6.61 Å². The van der Waals surface area contributed by atoms with E-state index in [9.17, 15) is 4.79 Å². The van der Waals surface area contributed by atoms with Gasteiger partial charge in [-0.2, -0.15) is 0 Å². The number of piperidine rings is 1. The maximum Gasteiger partial charge on any atom is 0.255 e. The van der Waals surface area contributed by atoms with Crippen LogP contribution in [0.3, 0.4) is 0 Å². The van der Waals surface area contributed by atoms with Crippen LogP contribution in [-0.4, -0.2) is 49.7 Å². The standard InChI is InChI=1S/C18H26ClN3O3/c1-22(14-7-12-3-4-13(8-14)21-12)9-11-5-15(19)18(16(6-11)24-2)25-10-17(20)23/h5-6,12-14,21H,3-4,7-10H2,1-2H3,(H2,20,23). The summed E-state index contributed by atoms with van der Waals surface area (Å²) in [6.45, 7) is 0.559. The van der Waals surface area contributed by atoms with Gasteiger partial charge in [-0.25, -0.2) is 0 Å². The molecule has 2 aliphatic heterocycles. The van der Waals surface area contributed by atoms with Crippen LogP contribution in [0.4, 0.5) is 0 Å². The fraction of sp³-hybridized carbons (Fsp3) is 0.611. The van der Waals surface area contributed by atoms with Crippen molar-refractivity contribution in [1.29, 1.82) is 0 Å². The molecule has 2 aliphatic rings. The minimum atomic E-state index is -0.553. The molecule has 138 valence electrons. The van der Waals surface area contributed by atoms with E-state index in [0.717, 1.165) is 12.1 Å². The lowest BCUT2D eigenvalue weighted by Crippen LogP contribution is -2.46. The second-order valence-electron chi connectivity index (χ2n) is 7.04. The topological polar surface area (TPSA) is 76.8 Å². The Hall–Kier alpha value is -1.50. The molecular formula is C18H26ClN3O3. The Bertz CT molecular complexity index is 628. The number of hydrogen-bond donors (Lipinski definition) is 2. The second kappa shape index (κ2) is 7.81. The molecule has 0 spiro atoms. The lowest BCUT2D eigenvalue weighted by molar-refractivity contribution is -0.119. The summed E-state index contributed by atoms with van der Waals surface area (Å²) in [6, 6.07) is 5.68. The van der Waals surface area contributed by atoms with Crippen LogP contribution in [0.25, 0.3) is 0 Å². The number of hydrogen-bond acceptors (Lipinski definition) is 5. The van der Waals surface area contributed by atoms with Gasteiger partial charge in [0.2, 0.25) is 0 Å². The third-order valence-corrected chi connectivity index (χ3v) is 5.43. The van der Waals surface area contributed by atoms with Crippen LogP contribution in [0.15, 0.2) is 12.1 Å². The molecule has 2 fully saturated rings. The van der Waals surface area contributed by atoms with E-state index in [4.69, 9.17) is 26.8 Å². The van der Waals surface area contributed by atoms with E-state index in [1.165, 1.54) is 25.7 Å². The number of carbonyl (C=O) groups is 1. The van der Waals surface area contributed by atoms with Crippen molar-refractivity contribution in [1.82, 2.24) is 10.2 Å². The number of methoxy groups -OCH3 is 1. The van der Waals surface area contributed by atoms with Crippen LogP contribution < -0.4 is 20.5 Å². The number of carbonyl (C=O) groups excluding carboxylic acids is 1. The number of fused-ring (bicyclic) bond motifs is 2. The SMILES string of the molecule is COc1cc(CN(C)C2CC3CCC(C2)N3)cc(Cl)c1OCC(N)=O. The summed E-state index contributed by atoms with van der Waals surface area (Å²) in [5.41, 5.74) is 6.19. The summed E-state index contributed by atoms with van der Waals surface area (Å²) in [7, 11) is 3.72. The molecule has 1 aromatic carbocycles. The molecule has 0 aliphatic carbocycles. The first-order valence-corrected chi connectivity index (χ1v) is 9.08. The lowest BCUT2D eigenvalue weighted by atomic mass is 9.98. The quantitative estimate of drug-likeness (QED) is 0.770. The van der Waals surface area contributed by atoms with Gasteiger partial charge in [-0.05, 0) is 50.4 Å². The van der Waals surface area contributed by atoms with Gasteiger partial charge in [0.05, 0.1) is 12.1 Å². The third-order valence-electron chi connectivity index (χ3n) is 5.15. The van der Waals surface area contributed by atoms with Crippen molar-refractivity contribution in [2.45, 2.75) is 50.4 Å². The van der Waals surface area contributed by atoms with Crippen LogP contribution in [0.2, 0.25) is 5.02 Å². The van der Waals surface area contributed by atoms with Crippen LogP contribution in [0, 0.1) is 0 Å². The zero-order chi connectivity index (χ0) is 18.0. The molecule has 1 aromatic rings.